The van der Waals surface area contributed by atoms with E-state index in [-0.39, 0.29) is 6.61 Å². The van der Waals surface area contributed by atoms with Crippen LogP contribution in [0.5, 0.6) is 0 Å². The lowest BCUT2D eigenvalue weighted by atomic mass is 10.1. The van der Waals surface area contributed by atoms with E-state index < -0.39 is 0 Å². The highest BCUT2D eigenvalue weighted by atomic mass is 16.2. The van der Waals surface area contributed by atoms with Crippen LogP contribution in [0.1, 0.15) is 45.4 Å². The molecule has 55 valence electrons. The molecule has 1 radical (unpaired) electrons. The van der Waals surface area contributed by atoms with Crippen LogP contribution in [0, 0.1) is 0 Å². The van der Waals surface area contributed by atoms with E-state index >= 15 is 0 Å². The van der Waals surface area contributed by atoms with E-state index in [4.69, 9.17) is 0 Å². The third-order valence-corrected chi connectivity index (χ3v) is 1.50. The summed E-state index contributed by atoms with van der Waals surface area (Å²) in [7, 11) is 0. The topological polar surface area (TPSA) is 19.9 Å². The van der Waals surface area contributed by atoms with Crippen molar-refractivity contribution < 1.29 is 5.11 Å². The van der Waals surface area contributed by atoms with Crippen molar-refractivity contribution in [2.75, 3.05) is 6.61 Å². The minimum Gasteiger partial charge on any atom is -0.237 e. The summed E-state index contributed by atoms with van der Waals surface area (Å²) in [4.78, 5) is 0. The second-order valence-corrected chi connectivity index (χ2v) is 2.47. The van der Waals surface area contributed by atoms with Gasteiger partial charge in [-0.3, -0.25) is 0 Å². The molecule has 0 aliphatic carbocycles. The molecule has 0 amide bonds. The van der Waals surface area contributed by atoms with Crippen molar-refractivity contribution in [1.82, 2.24) is 0 Å². The molecule has 0 aliphatic heterocycles. The molecule has 0 fully saturated rings. The van der Waals surface area contributed by atoms with Gasteiger partial charge in [-0.25, -0.2) is 5.11 Å². The Kier molecular flexibility index (Phi) is 7.92. The Morgan fingerprint density at radius 2 is 1.44 bits per heavy atom. The molecule has 0 bridgehead atoms. The minimum atomic E-state index is 0.117. The number of hydrogen-bond acceptors (Lipinski definition) is 0. The minimum absolute atomic E-state index is 0.117. The zero-order chi connectivity index (χ0) is 6.95. The van der Waals surface area contributed by atoms with Crippen LogP contribution in [0.4, 0.5) is 0 Å². The van der Waals surface area contributed by atoms with Gasteiger partial charge >= 0.3 is 0 Å². The van der Waals surface area contributed by atoms with Crippen LogP contribution < -0.4 is 0 Å². The molecule has 0 heterocycles. The Balaban J connectivity index is 2.60. The third-order valence-electron chi connectivity index (χ3n) is 1.50. The Morgan fingerprint density at radius 3 is 2.00 bits per heavy atom. The van der Waals surface area contributed by atoms with Gasteiger partial charge in [0.05, 0.1) is 6.61 Å². The Hall–Kier alpha value is -0.0400. The molecule has 0 saturated heterocycles. The Labute approximate surface area is 58.1 Å². The fraction of sp³-hybridized carbons (Fsp3) is 1.00. The smallest absolute Gasteiger partial charge is 0.0822 e. The van der Waals surface area contributed by atoms with Gasteiger partial charge in [-0.05, 0) is 6.42 Å². The van der Waals surface area contributed by atoms with Gasteiger partial charge in [0.2, 0.25) is 0 Å². The molecule has 0 aliphatic rings. The van der Waals surface area contributed by atoms with E-state index in [1.54, 1.807) is 0 Å². The van der Waals surface area contributed by atoms with Crippen molar-refractivity contribution in [3.8, 4) is 0 Å². The predicted molar refractivity (Wildman–Crippen MR) is 38.9 cm³/mol. The fourth-order valence-electron chi connectivity index (χ4n) is 0.882. The second kappa shape index (κ2) is 7.96. The molecule has 0 saturated carbocycles. The molecule has 0 unspecified atom stereocenters. The Morgan fingerprint density at radius 1 is 0.889 bits per heavy atom. The third kappa shape index (κ3) is 7.96. The lowest BCUT2D eigenvalue weighted by molar-refractivity contribution is 0.186. The molecule has 1 nitrogen and oxygen atoms in total. The molecular formula is C8H17O. The van der Waals surface area contributed by atoms with Crippen LogP contribution in [0.15, 0.2) is 0 Å². The summed E-state index contributed by atoms with van der Waals surface area (Å²) in [5.74, 6) is 0. The molecule has 0 aromatic carbocycles. The van der Waals surface area contributed by atoms with E-state index in [0.29, 0.717) is 0 Å². The van der Waals surface area contributed by atoms with Gasteiger partial charge in [-0.2, -0.15) is 0 Å². The van der Waals surface area contributed by atoms with Gasteiger partial charge in [-0.15, -0.1) is 0 Å². The highest BCUT2D eigenvalue weighted by Crippen LogP contribution is 2.03. The first-order valence-electron chi connectivity index (χ1n) is 4.00. The van der Waals surface area contributed by atoms with E-state index in [0.717, 1.165) is 12.8 Å². The molecule has 9 heavy (non-hydrogen) atoms. The number of unbranched alkanes of at least 4 members (excludes halogenated alkanes) is 5. The maximum atomic E-state index is 9.96. The summed E-state index contributed by atoms with van der Waals surface area (Å²) in [5, 5.41) is 9.96. The SMILES string of the molecule is CCCCCCCC[O]. The van der Waals surface area contributed by atoms with Gasteiger partial charge in [0.15, 0.2) is 0 Å². The molecule has 0 N–H and O–H groups in total. The highest BCUT2D eigenvalue weighted by molar-refractivity contribution is 4.41. The van der Waals surface area contributed by atoms with Crippen molar-refractivity contribution in [2.24, 2.45) is 0 Å². The van der Waals surface area contributed by atoms with E-state index in [1.807, 2.05) is 0 Å². The maximum Gasteiger partial charge on any atom is 0.0822 e. The van der Waals surface area contributed by atoms with E-state index in [2.05, 4.69) is 6.92 Å². The van der Waals surface area contributed by atoms with Crippen LogP contribution in [0.2, 0.25) is 0 Å². The van der Waals surface area contributed by atoms with Crippen molar-refractivity contribution >= 4 is 0 Å². The van der Waals surface area contributed by atoms with E-state index in [9.17, 15) is 5.11 Å². The van der Waals surface area contributed by atoms with Crippen LogP contribution in [0.3, 0.4) is 0 Å². The maximum absolute atomic E-state index is 9.96. The fourth-order valence-corrected chi connectivity index (χ4v) is 0.882. The standard InChI is InChI=1S/C8H17O/c1-2-3-4-5-6-7-8-9/h2-8H2,1H3. The molecular weight excluding hydrogens is 112 g/mol. The van der Waals surface area contributed by atoms with Gasteiger partial charge in [0.25, 0.3) is 0 Å². The first kappa shape index (κ1) is 8.96. The molecule has 0 aromatic heterocycles. The van der Waals surface area contributed by atoms with Crippen LogP contribution in [-0.4, -0.2) is 6.61 Å². The second-order valence-electron chi connectivity index (χ2n) is 2.47. The summed E-state index contributed by atoms with van der Waals surface area (Å²) < 4.78 is 0. The first-order chi connectivity index (χ1) is 4.41. The van der Waals surface area contributed by atoms with Crippen molar-refractivity contribution in [1.29, 1.82) is 0 Å². The van der Waals surface area contributed by atoms with Gasteiger partial charge in [-0.1, -0.05) is 39.0 Å². The lowest BCUT2D eigenvalue weighted by Gasteiger charge is -1.95. The molecule has 0 rings (SSSR count). The summed E-state index contributed by atoms with van der Waals surface area (Å²) in [5.41, 5.74) is 0. The molecule has 0 atom stereocenters. The average molecular weight is 129 g/mol. The summed E-state index contributed by atoms with van der Waals surface area (Å²) in [6.45, 7) is 2.32. The quantitative estimate of drug-likeness (QED) is 0.491. The van der Waals surface area contributed by atoms with Crippen LogP contribution in [-0.2, 0) is 5.11 Å². The number of rotatable bonds is 6. The highest BCUT2D eigenvalue weighted by Gasteiger charge is 1.86. The molecule has 1 heteroatoms. The van der Waals surface area contributed by atoms with Crippen LogP contribution >= 0.6 is 0 Å². The molecule has 0 spiro atoms. The largest absolute Gasteiger partial charge is 0.237 e. The zero-order valence-electron chi connectivity index (χ0n) is 6.36. The van der Waals surface area contributed by atoms with Crippen molar-refractivity contribution in [3.05, 3.63) is 0 Å². The number of hydrogen-bond donors (Lipinski definition) is 0. The Bertz CT molecular complexity index is 37.8. The molecule has 0 aromatic rings. The monoisotopic (exact) mass is 129 g/mol. The predicted octanol–water partition coefficient (Wildman–Crippen LogP) is 2.78. The van der Waals surface area contributed by atoms with Crippen molar-refractivity contribution in [3.63, 3.8) is 0 Å². The summed E-state index contributed by atoms with van der Waals surface area (Å²) >= 11 is 0. The van der Waals surface area contributed by atoms with Gasteiger partial charge in [0, 0.05) is 0 Å². The first-order valence-corrected chi connectivity index (χ1v) is 4.00. The lowest BCUT2D eigenvalue weighted by Crippen LogP contribution is -1.81. The summed E-state index contributed by atoms with van der Waals surface area (Å²) in [6, 6.07) is 0. The zero-order valence-corrected chi connectivity index (χ0v) is 6.36. The van der Waals surface area contributed by atoms with E-state index in [1.165, 1.54) is 25.7 Å². The van der Waals surface area contributed by atoms with Gasteiger partial charge in [0.1, 0.15) is 0 Å². The average Bonchev–Trinajstić information content (AvgIpc) is 1.89. The van der Waals surface area contributed by atoms with Gasteiger partial charge < -0.3 is 0 Å². The van der Waals surface area contributed by atoms with Crippen molar-refractivity contribution in [2.45, 2.75) is 45.4 Å². The summed E-state index contributed by atoms with van der Waals surface area (Å²) in [6.07, 6.45) is 7.22. The normalized spacial score (nSPS) is 10.0. The van der Waals surface area contributed by atoms with Crippen LogP contribution in [0.25, 0.3) is 0 Å².